The quantitative estimate of drug-likeness (QED) is 0.547. The largest absolute Gasteiger partial charge is 0.378 e. The molecule has 0 N–H and O–H groups in total. The number of hydrogen-bond acceptors (Lipinski definition) is 1. The lowest BCUT2D eigenvalue weighted by Crippen LogP contribution is -2.31. The van der Waals surface area contributed by atoms with Crippen LogP contribution in [0.5, 0.6) is 0 Å². The Balaban J connectivity index is 0.000000231. The second kappa shape index (κ2) is 2.91. The average molecular weight is 142 g/mol. The van der Waals surface area contributed by atoms with Crippen molar-refractivity contribution >= 4 is 0 Å². The molecule has 3 fully saturated rings. The Labute approximate surface area is 63.8 Å². The van der Waals surface area contributed by atoms with Crippen LogP contribution in [-0.4, -0.2) is 12.7 Å². The molecule has 2 bridgehead atoms. The summed E-state index contributed by atoms with van der Waals surface area (Å²) in [4.78, 5) is 0. The van der Waals surface area contributed by atoms with Gasteiger partial charge in [-0.15, -0.1) is 0 Å². The van der Waals surface area contributed by atoms with Crippen molar-refractivity contribution in [3.8, 4) is 0 Å². The third kappa shape index (κ3) is 1.07. The van der Waals surface area contributed by atoms with Crippen LogP contribution in [0.3, 0.4) is 0 Å². The van der Waals surface area contributed by atoms with E-state index < -0.39 is 0 Å². The van der Waals surface area contributed by atoms with Crippen LogP contribution in [-0.2, 0) is 4.74 Å². The van der Waals surface area contributed by atoms with Gasteiger partial charge >= 0.3 is 0 Å². The summed E-state index contributed by atoms with van der Waals surface area (Å²) in [5.74, 6) is 0. The topological polar surface area (TPSA) is 9.23 Å². The highest BCUT2D eigenvalue weighted by molar-refractivity contribution is 4.99. The second-order valence-electron chi connectivity index (χ2n) is 3.19. The van der Waals surface area contributed by atoms with Crippen molar-refractivity contribution in [2.45, 2.75) is 46.1 Å². The van der Waals surface area contributed by atoms with Crippen LogP contribution < -0.4 is 0 Å². The molecule has 1 nitrogen and oxygen atoms in total. The maximum atomic E-state index is 5.42. The molecule has 2 heterocycles. The van der Waals surface area contributed by atoms with Crippen molar-refractivity contribution < 1.29 is 4.74 Å². The predicted octanol–water partition coefficient (Wildman–Crippen LogP) is 2.60. The monoisotopic (exact) mass is 142 g/mol. The van der Waals surface area contributed by atoms with Gasteiger partial charge < -0.3 is 4.74 Å². The molecule has 10 heavy (non-hydrogen) atoms. The molecule has 0 aromatic rings. The molecular formula is C9H18O. The lowest BCUT2D eigenvalue weighted by atomic mass is 9.69. The molecular weight excluding hydrogens is 124 g/mol. The van der Waals surface area contributed by atoms with Gasteiger partial charge in [-0.2, -0.15) is 0 Å². The van der Waals surface area contributed by atoms with Crippen LogP contribution in [0.15, 0.2) is 0 Å². The molecule has 0 radical (unpaired) electrons. The van der Waals surface area contributed by atoms with Crippen molar-refractivity contribution in [3.05, 3.63) is 0 Å². The van der Waals surface area contributed by atoms with E-state index in [1.54, 1.807) is 0 Å². The summed E-state index contributed by atoms with van der Waals surface area (Å²) < 4.78 is 5.42. The summed E-state index contributed by atoms with van der Waals surface area (Å²) >= 11 is 0. The van der Waals surface area contributed by atoms with E-state index in [4.69, 9.17) is 4.74 Å². The smallest absolute Gasteiger partial charge is 0.0587 e. The first kappa shape index (κ1) is 8.06. The molecule has 2 aliphatic heterocycles. The normalized spacial score (nSPS) is 41.7. The van der Waals surface area contributed by atoms with Crippen LogP contribution in [0.2, 0.25) is 0 Å². The average Bonchev–Trinajstić information content (AvgIpc) is 2.47. The van der Waals surface area contributed by atoms with Gasteiger partial charge in [0.25, 0.3) is 0 Å². The second-order valence-corrected chi connectivity index (χ2v) is 3.19. The lowest BCUT2D eigenvalue weighted by molar-refractivity contribution is 0.110. The summed E-state index contributed by atoms with van der Waals surface area (Å²) in [6.45, 7) is 7.32. The molecule has 60 valence electrons. The van der Waals surface area contributed by atoms with Crippen molar-refractivity contribution in [3.63, 3.8) is 0 Å². The SMILES string of the molecule is CC.CCC12COC(C1)C2. The van der Waals surface area contributed by atoms with Crippen LogP contribution in [0, 0.1) is 5.41 Å². The van der Waals surface area contributed by atoms with Gasteiger partial charge in [0.15, 0.2) is 0 Å². The molecule has 0 amide bonds. The number of fused-ring (bicyclic) bond motifs is 1. The summed E-state index contributed by atoms with van der Waals surface area (Å²) in [7, 11) is 0. The van der Waals surface area contributed by atoms with Crippen molar-refractivity contribution in [1.82, 2.24) is 0 Å². The van der Waals surface area contributed by atoms with E-state index in [0.29, 0.717) is 11.5 Å². The Hall–Kier alpha value is -0.0400. The zero-order valence-corrected chi connectivity index (χ0v) is 7.31. The Morgan fingerprint density at radius 1 is 1.40 bits per heavy atom. The number of hydrogen-bond donors (Lipinski definition) is 0. The minimum Gasteiger partial charge on any atom is -0.378 e. The minimum atomic E-state index is 0.657. The Morgan fingerprint density at radius 3 is 2.20 bits per heavy atom. The van der Waals surface area contributed by atoms with Crippen molar-refractivity contribution in [1.29, 1.82) is 0 Å². The van der Waals surface area contributed by atoms with Gasteiger partial charge in [0.05, 0.1) is 12.7 Å². The fourth-order valence-electron chi connectivity index (χ4n) is 1.83. The molecule has 1 heteroatoms. The highest BCUT2D eigenvalue weighted by Crippen LogP contribution is 2.51. The molecule has 2 saturated heterocycles. The third-order valence-corrected chi connectivity index (χ3v) is 2.70. The number of ether oxygens (including phenoxy) is 1. The standard InChI is InChI=1S/C7H12O.C2H6/c1-2-7-3-6(4-7)8-5-7;1-2/h6H,2-5H2,1H3;1-2H3. The Bertz CT molecular complexity index is 97.8. The van der Waals surface area contributed by atoms with Crippen LogP contribution in [0.25, 0.3) is 0 Å². The van der Waals surface area contributed by atoms with E-state index in [-0.39, 0.29) is 0 Å². The van der Waals surface area contributed by atoms with Crippen molar-refractivity contribution in [2.75, 3.05) is 6.61 Å². The van der Waals surface area contributed by atoms with Gasteiger partial charge in [0.1, 0.15) is 0 Å². The maximum Gasteiger partial charge on any atom is 0.0587 e. The highest BCUT2D eigenvalue weighted by atomic mass is 16.5. The van der Waals surface area contributed by atoms with Crippen LogP contribution >= 0.6 is 0 Å². The van der Waals surface area contributed by atoms with E-state index in [2.05, 4.69) is 6.92 Å². The van der Waals surface area contributed by atoms with E-state index in [0.717, 1.165) is 6.61 Å². The zero-order valence-electron chi connectivity index (χ0n) is 7.31. The summed E-state index contributed by atoms with van der Waals surface area (Å²) in [6.07, 6.45) is 4.69. The van der Waals surface area contributed by atoms with E-state index in [9.17, 15) is 0 Å². The summed E-state index contributed by atoms with van der Waals surface area (Å²) in [5, 5.41) is 0. The fraction of sp³-hybridized carbons (Fsp3) is 1.00. The summed E-state index contributed by atoms with van der Waals surface area (Å²) in [5.41, 5.74) is 0.657. The highest BCUT2D eigenvalue weighted by Gasteiger charge is 2.50. The lowest BCUT2D eigenvalue weighted by Gasteiger charge is -2.33. The first-order chi connectivity index (χ1) is 4.85. The van der Waals surface area contributed by atoms with Gasteiger partial charge in [-0.1, -0.05) is 20.8 Å². The molecule has 1 saturated carbocycles. The van der Waals surface area contributed by atoms with E-state index in [1.165, 1.54) is 19.3 Å². The van der Waals surface area contributed by atoms with Gasteiger partial charge in [0, 0.05) is 0 Å². The van der Waals surface area contributed by atoms with Gasteiger partial charge in [-0.05, 0) is 24.7 Å². The molecule has 0 spiro atoms. The van der Waals surface area contributed by atoms with Crippen molar-refractivity contribution in [2.24, 2.45) is 5.41 Å². The molecule has 0 unspecified atom stereocenters. The predicted molar refractivity (Wildman–Crippen MR) is 43.0 cm³/mol. The molecule has 3 aliphatic rings. The first-order valence-corrected chi connectivity index (χ1v) is 4.46. The number of rotatable bonds is 1. The fourth-order valence-corrected chi connectivity index (χ4v) is 1.83. The van der Waals surface area contributed by atoms with Gasteiger partial charge in [-0.3, -0.25) is 0 Å². The van der Waals surface area contributed by atoms with E-state index in [1.807, 2.05) is 13.8 Å². The van der Waals surface area contributed by atoms with Gasteiger partial charge in [0.2, 0.25) is 0 Å². The molecule has 1 aliphatic carbocycles. The molecule has 3 rings (SSSR count). The maximum absolute atomic E-state index is 5.42. The third-order valence-electron chi connectivity index (χ3n) is 2.70. The molecule has 0 aromatic heterocycles. The minimum absolute atomic E-state index is 0.657. The zero-order chi connectivity index (χ0) is 7.61. The van der Waals surface area contributed by atoms with Crippen LogP contribution in [0.1, 0.15) is 40.0 Å². The molecule has 0 aromatic carbocycles. The first-order valence-electron chi connectivity index (χ1n) is 4.46. The Morgan fingerprint density at radius 2 is 2.00 bits per heavy atom. The molecule has 0 atom stereocenters. The van der Waals surface area contributed by atoms with Gasteiger partial charge in [-0.25, -0.2) is 0 Å². The van der Waals surface area contributed by atoms with Crippen LogP contribution in [0.4, 0.5) is 0 Å². The van der Waals surface area contributed by atoms with E-state index >= 15 is 0 Å². The Kier molecular flexibility index (Phi) is 2.35. The summed E-state index contributed by atoms with van der Waals surface area (Å²) in [6, 6.07) is 0.